The number of carbonyl (C=O) groups excluding carboxylic acids is 1. The second kappa shape index (κ2) is 7.70. The maximum Gasteiger partial charge on any atom is 0.271 e. The average Bonchev–Trinajstić information content (AvgIpc) is 3.20. The van der Waals surface area contributed by atoms with Gasteiger partial charge in [0.2, 0.25) is 6.79 Å². The number of fused-ring (bicyclic) bond motifs is 1. The van der Waals surface area contributed by atoms with Crippen molar-refractivity contribution in [2.45, 2.75) is 26.2 Å². The number of hydrazone groups is 1. The van der Waals surface area contributed by atoms with Gasteiger partial charge in [-0.3, -0.25) is 4.79 Å². The van der Waals surface area contributed by atoms with Gasteiger partial charge in [0.1, 0.15) is 0 Å². The summed E-state index contributed by atoms with van der Waals surface area (Å²) in [6.07, 6.45) is 3.84. The van der Waals surface area contributed by atoms with Gasteiger partial charge in [0.25, 0.3) is 5.91 Å². The Balaban J connectivity index is 1.40. The molecule has 2 heterocycles. The van der Waals surface area contributed by atoms with Crippen molar-refractivity contribution in [3.05, 3.63) is 53.6 Å². The molecular weight excluding hydrogens is 342 g/mol. The molecule has 140 valence electrons. The van der Waals surface area contributed by atoms with Crippen molar-refractivity contribution in [2.24, 2.45) is 5.10 Å². The molecule has 6 heteroatoms. The van der Waals surface area contributed by atoms with Crippen LogP contribution in [-0.4, -0.2) is 31.5 Å². The summed E-state index contributed by atoms with van der Waals surface area (Å²) in [6.45, 7) is 4.32. The Labute approximate surface area is 158 Å². The van der Waals surface area contributed by atoms with E-state index in [0.29, 0.717) is 17.1 Å². The van der Waals surface area contributed by atoms with Crippen LogP contribution in [0.4, 0.5) is 5.69 Å². The smallest absolute Gasteiger partial charge is 0.271 e. The number of nitrogens with zero attached hydrogens (tertiary/aromatic N) is 2. The first kappa shape index (κ1) is 17.4. The minimum absolute atomic E-state index is 0.186. The van der Waals surface area contributed by atoms with Crippen LogP contribution in [-0.2, 0) is 0 Å². The number of nitrogens with one attached hydrogen (secondary N) is 1. The van der Waals surface area contributed by atoms with E-state index in [0.717, 1.165) is 24.4 Å². The third-order valence-corrected chi connectivity index (χ3v) is 4.97. The van der Waals surface area contributed by atoms with Gasteiger partial charge in [-0.05, 0) is 62.1 Å². The second-order valence-electron chi connectivity index (χ2n) is 6.80. The molecule has 0 bridgehead atoms. The Morgan fingerprint density at radius 3 is 2.44 bits per heavy atom. The molecule has 2 aliphatic heterocycles. The minimum atomic E-state index is -0.280. The number of rotatable bonds is 4. The summed E-state index contributed by atoms with van der Waals surface area (Å²) in [4.78, 5) is 14.7. The molecule has 0 unspecified atom stereocenters. The Morgan fingerprint density at radius 2 is 1.67 bits per heavy atom. The molecule has 2 aromatic carbocycles. The SMILES string of the molecule is C/C(=N/NC(=O)c1ccc2c(c1)OCO2)c1ccc(N2CCCCC2)cc1. The van der Waals surface area contributed by atoms with E-state index in [4.69, 9.17) is 9.47 Å². The Kier molecular flexibility index (Phi) is 4.96. The van der Waals surface area contributed by atoms with Crippen LogP contribution in [0.15, 0.2) is 47.6 Å². The summed E-state index contributed by atoms with van der Waals surface area (Å²) in [5.74, 6) is 0.953. The standard InChI is InChI=1S/C21H23N3O3/c1-15(16-5-8-18(9-6-16)24-11-3-2-4-12-24)22-23-21(25)17-7-10-19-20(13-17)27-14-26-19/h5-10,13H,2-4,11-12,14H2,1H3,(H,23,25)/b22-15-. The zero-order valence-corrected chi connectivity index (χ0v) is 15.4. The van der Waals surface area contributed by atoms with Gasteiger partial charge in [0.15, 0.2) is 11.5 Å². The predicted molar refractivity (Wildman–Crippen MR) is 105 cm³/mol. The zero-order chi connectivity index (χ0) is 18.6. The Bertz CT molecular complexity index is 855. The maximum absolute atomic E-state index is 12.3. The van der Waals surface area contributed by atoms with Crippen LogP contribution in [0.5, 0.6) is 11.5 Å². The molecule has 27 heavy (non-hydrogen) atoms. The van der Waals surface area contributed by atoms with E-state index in [2.05, 4.69) is 39.7 Å². The van der Waals surface area contributed by atoms with Crippen molar-refractivity contribution in [1.29, 1.82) is 0 Å². The summed E-state index contributed by atoms with van der Waals surface area (Å²) in [5, 5.41) is 4.24. The van der Waals surface area contributed by atoms with Gasteiger partial charge in [-0.25, -0.2) is 5.43 Å². The summed E-state index contributed by atoms with van der Waals surface area (Å²) in [5.41, 5.74) is 6.08. The van der Waals surface area contributed by atoms with E-state index in [9.17, 15) is 4.79 Å². The Morgan fingerprint density at radius 1 is 0.963 bits per heavy atom. The fourth-order valence-corrected chi connectivity index (χ4v) is 3.37. The van der Waals surface area contributed by atoms with Crippen molar-refractivity contribution >= 4 is 17.3 Å². The molecule has 4 rings (SSSR count). The van der Waals surface area contributed by atoms with Gasteiger partial charge in [0, 0.05) is 24.3 Å². The van der Waals surface area contributed by atoms with E-state index in [-0.39, 0.29) is 12.7 Å². The van der Waals surface area contributed by atoms with E-state index in [1.165, 1.54) is 24.9 Å². The minimum Gasteiger partial charge on any atom is -0.454 e. The number of piperidine rings is 1. The van der Waals surface area contributed by atoms with Gasteiger partial charge in [-0.1, -0.05) is 12.1 Å². The molecule has 0 aliphatic carbocycles. The third kappa shape index (κ3) is 3.89. The lowest BCUT2D eigenvalue weighted by Gasteiger charge is -2.28. The number of carbonyl (C=O) groups is 1. The summed E-state index contributed by atoms with van der Waals surface area (Å²) in [7, 11) is 0. The molecule has 0 spiro atoms. The first-order chi connectivity index (χ1) is 13.2. The molecule has 1 fully saturated rings. The van der Waals surface area contributed by atoms with Crippen LogP contribution < -0.4 is 19.8 Å². The molecule has 0 radical (unpaired) electrons. The molecule has 2 aliphatic rings. The third-order valence-electron chi connectivity index (χ3n) is 4.97. The molecule has 0 saturated carbocycles. The lowest BCUT2D eigenvalue weighted by Crippen LogP contribution is -2.29. The molecule has 1 saturated heterocycles. The molecule has 2 aromatic rings. The highest BCUT2D eigenvalue weighted by molar-refractivity contribution is 6.01. The second-order valence-corrected chi connectivity index (χ2v) is 6.80. The average molecular weight is 365 g/mol. The monoisotopic (exact) mass is 365 g/mol. The Hall–Kier alpha value is -3.02. The number of ether oxygens (including phenoxy) is 2. The number of benzene rings is 2. The maximum atomic E-state index is 12.3. The molecule has 1 N–H and O–H groups in total. The lowest BCUT2D eigenvalue weighted by molar-refractivity contribution is 0.0954. The van der Waals surface area contributed by atoms with Gasteiger partial charge in [-0.15, -0.1) is 0 Å². The molecule has 6 nitrogen and oxygen atoms in total. The van der Waals surface area contributed by atoms with Crippen molar-refractivity contribution in [2.75, 3.05) is 24.8 Å². The van der Waals surface area contributed by atoms with Gasteiger partial charge < -0.3 is 14.4 Å². The van der Waals surface area contributed by atoms with Crippen molar-refractivity contribution in [3.63, 3.8) is 0 Å². The topological polar surface area (TPSA) is 63.2 Å². The van der Waals surface area contributed by atoms with Gasteiger partial charge in [0.05, 0.1) is 5.71 Å². The van der Waals surface area contributed by atoms with Crippen LogP contribution in [0.3, 0.4) is 0 Å². The number of amides is 1. The highest BCUT2D eigenvalue weighted by Crippen LogP contribution is 2.32. The van der Waals surface area contributed by atoms with Crippen LogP contribution >= 0.6 is 0 Å². The van der Waals surface area contributed by atoms with Crippen LogP contribution in [0, 0.1) is 0 Å². The fraction of sp³-hybridized carbons (Fsp3) is 0.333. The van der Waals surface area contributed by atoms with Crippen molar-refractivity contribution in [3.8, 4) is 11.5 Å². The summed E-state index contributed by atoms with van der Waals surface area (Å²) < 4.78 is 10.6. The van der Waals surface area contributed by atoms with Crippen LogP contribution in [0.2, 0.25) is 0 Å². The first-order valence-corrected chi connectivity index (χ1v) is 9.30. The van der Waals surface area contributed by atoms with Crippen molar-refractivity contribution < 1.29 is 14.3 Å². The number of hydrogen-bond donors (Lipinski definition) is 1. The van der Waals surface area contributed by atoms with E-state index in [1.54, 1.807) is 18.2 Å². The molecular formula is C21H23N3O3. The van der Waals surface area contributed by atoms with E-state index in [1.807, 2.05) is 6.92 Å². The zero-order valence-electron chi connectivity index (χ0n) is 15.4. The number of anilines is 1. The van der Waals surface area contributed by atoms with Crippen LogP contribution in [0.1, 0.15) is 42.1 Å². The normalized spacial score (nSPS) is 16.3. The quantitative estimate of drug-likeness (QED) is 0.665. The highest BCUT2D eigenvalue weighted by Gasteiger charge is 2.16. The molecule has 0 aromatic heterocycles. The van der Waals surface area contributed by atoms with Crippen LogP contribution in [0.25, 0.3) is 0 Å². The largest absolute Gasteiger partial charge is 0.454 e. The molecule has 1 amide bonds. The van der Waals surface area contributed by atoms with Gasteiger partial charge in [-0.2, -0.15) is 5.10 Å². The van der Waals surface area contributed by atoms with E-state index < -0.39 is 0 Å². The predicted octanol–water partition coefficient (Wildman–Crippen LogP) is 3.56. The van der Waals surface area contributed by atoms with E-state index >= 15 is 0 Å². The highest BCUT2D eigenvalue weighted by atomic mass is 16.7. The summed E-state index contributed by atoms with van der Waals surface area (Å²) >= 11 is 0. The first-order valence-electron chi connectivity index (χ1n) is 9.30. The lowest BCUT2D eigenvalue weighted by atomic mass is 10.1. The van der Waals surface area contributed by atoms with Crippen molar-refractivity contribution in [1.82, 2.24) is 5.43 Å². The van der Waals surface area contributed by atoms with Gasteiger partial charge >= 0.3 is 0 Å². The summed E-state index contributed by atoms with van der Waals surface area (Å²) in [6, 6.07) is 13.4. The fourth-order valence-electron chi connectivity index (χ4n) is 3.37. The molecule has 0 atom stereocenters. The number of hydrogen-bond acceptors (Lipinski definition) is 5.